The van der Waals surface area contributed by atoms with Gasteiger partial charge in [0.1, 0.15) is 5.82 Å². The SMILES string of the molecule is CC(C)C(CO)N(C)Cc1cc(Br)ccc1F. The summed E-state index contributed by atoms with van der Waals surface area (Å²) in [6.45, 7) is 4.68. The molecule has 0 fully saturated rings. The highest BCUT2D eigenvalue weighted by Crippen LogP contribution is 2.19. The van der Waals surface area contributed by atoms with Crippen molar-refractivity contribution in [1.29, 1.82) is 0 Å². The van der Waals surface area contributed by atoms with Gasteiger partial charge < -0.3 is 5.11 Å². The minimum Gasteiger partial charge on any atom is -0.395 e. The first-order valence-electron chi connectivity index (χ1n) is 5.70. The van der Waals surface area contributed by atoms with Crippen molar-refractivity contribution in [2.24, 2.45) is 5.92 Å². The number of hydrogen-bond donors (Lipinski definition) is 1. The Kier molecular flexibility index (Phi) is 5.56. The summed E-state index contributed by atoms with van der Waals surface area (Å²) in [6, 6.07) is 4.97. The average molecular weight is 304 g/mol. The van der Waals surface area contributed by atoms with Gasteiger partial charge in [-0.1, -0.05) is 29.8 Å². The maximum atomic E-state index is 13.6. The third kappa shape index (κ3) is 4.05. The third-order valence-electron chi connectivity index (χ3n) is 2.95. The largest absolute Gasteiger partial charge is 0.395 e. The second-order valence-electron chi connectivity index (χ2n) is 4.64. The lowest BCUT2D eigenvalue weighted by molar-refractivity contribution is 0.107. The zero-order valence-electron chi connectivity index (χ0n) is 10.5. The van der Waals surface area contributed by atoms with Crippen LogP contribution in [0.5, 0.6) is 0 Å². The molecule has 0 aliphatic rings. The summed E-state index contributed by atoms with van der Waals surface area (Å²) in [5.41, 5.74) is 0.640. The van der Waals surface area contributed by atoms with E-state index in [1.54, 1.807) is 12.1 Å². The topological polar surface area (TPSA) is 23.5 Å². The van der Waals surface area contributed by atoms with E-state index in [2.05, 4.69) is 29.8 Å². The van der Waals surface area contributed by atoms with Crippen molar-refractivity contribution < 1.29 is 9.50 Å². The van der Waals surface area contributed by atoms with Crippen molar-refractivity contribution in [3.05, 3.63) is 34.1 Å². The fraction of sp³-hybridized carbons (Fsp3) is 0.538. The number of rotatable bonds is 5. The van der Waals surface area contributed by atoms with Gasteiger partial charge in [0, 0.05) is 22.6 Å². The van der Waals surface area contributed by atoms with Crippen LogP contribution in [0.3, 0.4) is 0 Å². The summed E-state index contributed by atoms with van der Waals surface area (Å²) in [5.74, 6) is 0.126. The molecular weight excluding hydrogens is 285 g/mol. The standard InChI is InChI=1S/C13H19BrFNO/c1-9(2)13(8-17)16(3)7-10-6-11(14)4-5-12(10)15/h4-6,9,13,17H,7-8H2,1-3H3. The molecule has 1 N–H and O–H groups in total. The van der Waals surface area contributed by atoms with Crippen LogP contribution in [0.1, 0.15) is 19.4 Å². The number of hydrogen-bond acceptors (Lipinski definition) is 2. The van der Waals surface area contributed by atoms with Crippen molar-refractivity contribution in [3.63, 3.8) is 0 Å². The van der Waals surface area contributed by atoms with Gasteiger partial charge in [0.2, 0.25) is 0 Å². The molecule has 0 aliphatic heterocycles. The van der Waals surface area contributed by atoms with Gasteiger partial charge in [0.15, 0.2) is 0 Å². The lowest BCUT2D eigenvalue weighted by Gasteiger charge is -2.29. The predicted octanol–water partition coefficient (Wildman–Crippen LogP) is 3.04. The van der Waals surface area contributed by atoms with Crippen LogP contribution in [-0.4, -0.2) is 29.7 Å². The zero-order chi connectivity index (χ0) is 13.0. The van der Waals surface area contributed by atoms with E-state index < -0.39 is 0 Å². The Morgan fingerprint density at radius 1 is 1.41 bits per heavy atom. The molecule has 1 rings (SSSR count). The summed E-state index contributed by atoms with van der Waals surface area (Å²) in [5, 5.41) is 9.32. The molecule has 1 aromatic rings. The minimum absolute atomic E-state index is 0.0494. The van der Waals surface area contributed by atoms with E-state index in [1.165, 1.54) is 6.07 Å². The number of aliphatic hydroxyl groups excluding tert-OH is 1. The molecule has 0 aromatic heterocycles. The summed E-state index contributed by atoms with van der Waals surface area (Å²) >= 11 is 3.33. The molecule has 17 heavy (non-hydrogen) atoms. The van der Waals surface area contributed by atoms with Gasteiger partial charge in [-0.2, -0.15) is 0 Å². The van der Waals surface area contributed by atoms with Crippen LogP contribution < -0.4 is 0 Å². The van der Waals surface area contributed by atoms with Gasteiger partial charge in [-0.15, -0.1) is 0 Å². The molecule has 0 spiro atoms. The van der Waals surface area contributed by atoms with Crippen molar-refractivity contribution in [3.8, 4) is 0 Å². The zero-order valence-corrected chi connectivity index (χ0v) is 12.0. The van der Waals surface area contributed by atoms with Crippen molar-refractivity contribution >= 4 is 15.9 Å². The highest BCUT2D eigenvalue weighted by Gasteiger charge is 2.18. The number of aliphatic hydroxyl groups is 1. The average Bonchev–Trinajstić information content (AvgIpc) is 2.24. The van der Waals surface area contributed by atoms with Gasteiger partial charge >= 0.3 is 0 Å². The first-order chi connectivity index (χ1) is 7.95. The highest BCUT2D eigenvalue weighted by atomic mass is 79.9. The normalized spacial score (nSPS) is 13.4. The van der Waals surface area contributed by atoms with Gasteiger partial charge in [0.05, 0.1) is 6.61 Å². The second kappa shape index (κ2) is 6.47. The molecule has 1 atom stereocenters. The van der Waals surface area contributed by atoms with E-state index in [0.29, 0.717) is 18.0 Å². The fourth-order valence-corrected chi connectivity index (χ4v) is 2.32. The van der Waals surface area contributed by atoms with Crippen molar-refractivity contribution in [1.82, 2.24) is 4.90 Å². The molecule has 0 aliphatic carbocycles. The van der Waals surface area contributed by atoms with Crippen molar-refractivity contribution in [2.75, 3.05) is 13.7 Å². The Labute approximate surface area is 111 Å². The van der Waals surface area contributed by atoms with Crippen LogP contribution in [0, 0.1) is 11.7 Å². The number of benzene rings is 1. The van der Waals surface area contributed by atoms with E-state index in [9.17, 15) is 9.50 Å². The van der Waals surface area contributed by atoms with Crippen LogP contribution >= 0.6 is 15.9 Å². The van der Waals surface area contributed by atoms with Crippen molar-refractivity contribution in [2.45, 2.75) is 26.4 Å². The van der Waals surface area contributed by atoms with Crippen LogP contribution in [0.2, 0.25) is 0 Å². The molecule has 1 unspecified atom stereocenters. The highest BCUT2D eigenvalue weighted by molar-refractivity contribution is 9.10. The number of nitrogens with zero attached hydrogens (tertiary/aromatic N) is 1. The smallest absolute Gasteiger partial charge is 0.127 e. The first kappa shape index (κ1) is 14.6. The lowest BCUT2D eigenvalue weighted by Crippen LogP contribution is -2.38. The molecule has 0 bridgehead atoms. The molecule has 1 aromatic carbocycles. The van der Waals surface area contributed by atoms with Gasteiger partial charge in [-0.3, -0.25) is 4.90 Å². The minimum atomic E-state index is -0.208. The lowest BCUT2D eigenvalue weighted by atomic mass is 10.0. The molecule has 0 radical (unpaired) electrons. The van der Waals surface area contributed by atoms with Crippen LogP contribution in [0.15, 0.2) is 22.7 Å². The second-order valence-corrected chi connectivity index (χ2v) is 5.56. The Bertz CT molecular complexity index is 370. The van der Waals surface area contributed by atoms with Crippen LogP contribution in [0.4, 0.5) is 4.39 Å². The molecular formula is C13H19BrFNO. The Balaban J connectivity index is 2.79. The summed E-state index contributed by atoms with van der Waals surface area (Å²) < 4.78 is 14.5. The Hall–Kier alpha value is -0.450. The maximum absolute atomic E-state index is 13.6. The number of likely N-dealkylation sites (N-methyl/N-ethyl adjacent to an activating group) is 1. The molecule has 0 saturated heterocycles. The van der Waals surface area contributed by atoms with E-state index in [-0.39, 0.29) is 18.5 Å². The molecule has 0 amide bonds. The molecule has 0 saturated carbocycles. The van der Waals surface area contributed by atoms with E-state index in [4.69, 9.17) is 0 Å². The molecule has 4 heteroatoms. The monoisotopic (exact) mass is 303 g/mol. The van der Waals surface area contributed by atoms with Crippen LogP contribution in [0.25, 0.3) is 0 Å². The van der Waals surface area contributed by atoms with E-state index in [1.807, 2.05) is 11.9 Å². The summed E-state index contributed by atoms with van der Waals surface area (Å²) in [6.07, 6.45) is 0. The quantitative estimate of drug-likeness (QED) is 0.904. The van der Waals surface area contributed by atoms with Crippen LogP contribution in [-0.2, 0) is 6.54 Å². The maximum Gasteiger partial charge on any atom is 0.127 e. The van der Waals surface area contributed by atoms with E-state index >= 15 is 0 Å². The third-order valence-corrected chi connectivity index (χ3v) is 3.44. The van der Waals surface area contributed by atoms with E-state index in [0.717, 1.165) is 4.47 Å². The van der Waals surface area contributed by atoms with Gasteiger partial charge in [-0.05, 0) is 31.2 Å². The van der Waals surface area contributed by atoms with Gasteiger partial charge in [-0.25, -0.2) is 4.39 Å². The van der Waals surface area contributed by atoms with Gasteiger partial charge in [0.25, 0.3) is 0 Å². The first-order valence-corrected chi connectivity index (χ1v) is 6.50. The summed E-state index contributed by atoms with van der Waals surface area (Å²) in [7, 11) is 1.90. The predicted molar refractivity (Wildman–Crippen MR) is 71.3 cm³/mol. The Morgan fingerprint density at radius 2 is 2.06 bits per heavy atom. The molecule has 0 heterocycles. The summed E-state index contributed by atoms with van der Waals surface area (Å²) in [4.78, 5) is 1.98. The fourth-order valence-electron chi connectivity index (χ4n) is 1.91. The molecule has 96 valence electrons. The molecule has 2 nitrogen and oxygen atoms in total. The number of halogens is 2. The Morgan fingerprint density at radius 3 is 2.59 bits per heavy atom.